The molecule has 0 bridgehead atoms. The average Bonchev–Trinajstić information content (AvgIpc) is 2.31. The Labute approximate surface area is 110 Å². The van der Waals surface area contributed by atoms with Gasteiger partial charge in [-0.05, 0) is 37.3 Å². The van der Waals surface area contributed by atoms with Crippen molar-refractivity contribution in [3.05, 3.63) is 29.3 Å². The molecule has 0 unspecified atom stereocenters. The number of para-hydroxylation sites is 1. The number of aryl methyl sites for hydroxylation is 2. The van der Waals surface area contributed by atoms with Gasteiger partial charge in [-0.25, -0.2) is 4.79 Å². The second-order valence-corrected chi connectivity index (χ2v) is 5.09. The minimum atomic E-state index is -0.125. The first-order valence-corrected chi connectivity index (χ1v) is 6.61. The maximum atomic E-state index is 11.9. The maximum absolute atomic E-state index is 11.9. The molecule has 0 saturated heterocycles. The van der Waals surface area contributed by atoms with Crippen molar-refractivity contribution in [1.82, 2.24) is 5.32 Å². The van der Waals surface area contributed by atoms with Crippen LogP contribution in [0.25, 0.3) is 0 Å². The molecule has 0 aliphatic carbocycles. The predicted octanol–water partition coefficient (Wildman–Crippen LogP) is 3.72. The van der Waals surface area contributed by atoms with Gasteiger partial charge in [0, 0.05) is 11.7 Å². The van der Waals surface area contributed by atoms with Crippen LogP contribution < -0.4 is 10.6 Å². The Kier molecular flexibility index (Phi) is 5.20. The molecular formula is C15H24N2O. The summed E-state index contributed by atoms with van der Waals surface area (Å²) in [6.07, 6.45) is 0.914. The zero-order valence-electron chi connectivity index (χ0n) is 12.0. The minimum absolute atomic E-state index is 0.125. The summed E-state index contributed by atoms with van der Waals surface area (Å²) < 4.78 is 0. The van der Waals surface area contributed by atoms with Crippen LogP contribution in [0.2, 0.25) is 0 Å². The fourth-order valence-corrected chi connectivity index (χ4v) is 1.73. The van der Waals surface area contributed by atoms with Crippen molar-refractivity contribution < 1.29 is 4.79 Å². The van der Waals surface area contributed by atoms with Gasteiger partial charge < -0.3 is 10.6 Å². The molecule has 0 aliphatic heterocycles. The summed E-state index contributed by atoms with van der Waals surface area (Å²) in [6.45, 7) is 10.3. The van der Waals surface area contributed by atoms with Crippen LogP contribution >= 0.6 is 0 Å². The third-order valence-electron chi connectivity index (χ3n) is 3.34. The smallest absolute Gasteiger partial charge is 0.319 e. The molecule has 1 rings (SSSR count). The van der Waals surface area contributed by atoms with Crippen molar-refractivity contribution in [2.45, 2.75) is 47.1 Å². The molecule has 1 aromatic rings. The Hall–Kier alpha value is -1.51. The number of urea groups is 1. The van der Waals surface area contributed by atoms with Crippen LogP contribution in [0.1, 0.15) is 38.8 Å². The van der Waals surface area contributed by atoms with Crippen LogP contribution in [0.5, 0.6) is 0 Å². The van der Waals surface area contributed by atoms with Crippen LogP contribution in [0.15, 0.2) is 18.2 Å². The van der Waals surface area contributed by atoms with Gasteiger partial charge in [-0.3, -0.25) is 0 Å². The molecule has 3 nitrogen and oxygen atoms in total. The molecule has 2 N–H and O–H groups in total. The summed E-state index contributed by atoms with van der Waals surface area (Å²) in [5.74, 6) is 0.429. The second-order valence-electron chi connectivity index (χ2n) is 5.09. The molecule has 1 atom stereocenters. The lowest BCUT2D eigenvalue weighted by atomic mass is 10.1. The van der Waals surface area contributed by atoms with Crippen molar-refractivity contribution >= 4 is 11.7 Å². The first kappa shape index (κ1) is 14.6. The molecule has 1 aromatic carbocycles. The monoisotopic (exact) mass is 248 g/mol. The Balaban J connectivity index is 2.76. The summed E-state index contributed by atoms with van der Waals surface area (Å²) in [6, 6.07) is 6.13. The lowest BCUT2D eigenvalue weighted by Crippen LogP contribution is -2.39. The predicted molar refractivity (Wildman–Crippen MR) is 77.0 cm³/mol. The van der Waals surface area contributed by atoms with E-state index in [0.29, 0.717) is 5.92 Å². The first-order valence-electron chi connectivity index (χ1n) is 6.61. The molecule has 0 fully saturated rings. The molecule has 0 aliphatic rings. The van der Waals surface area contributed by atoms with Gasteiger partial charge in [0.05, 0.1) is 0 Å². The highest BCUT2D eigenvalue weighted by Gasteiger charge is 2.12. The fourth-order valence-electron chi connectivity index (χ4n) is 1.73. The highest BCUT2D eigenvalue weighted by molar-refractivity contribution is 5.91. The molecule has 100 valence electrons. The van der Waals surface area contributed by atoms with Crippen molar-refractivity contribution in [3.8, 4) is 0 Å². The van der Waals surface area contributed by atoms with Gasteiger partial charge in [0.1, 0.15) is 0 Å². The number of amides is 2. The Morgan fingerprint density at radius 2 is 1.94 bits per heavy atom. The highest BCUT2D eigenvalue weighted by atomic mass is 16.2. The Morgan fingerprint density at radius 1 is 1.28 bits per heavy atom. The van der Waals surface area contributed by atoms with E-state index in [1.807, 2.05) is 26.0 Å². The van der Waals surface area contributed by atoms with E-state index in [9.17, 15) is 4.79 Å². The van der Waals surface area contributed by atoms with Crippen LogP contribution in [-0.4, -0.2) is 12.1 Å². The van der Waals surface area contributed by atoms with Gasteiger partial charge in [-0.2, -0.15) is 0 Å². The van der Waals surface area contributed by atoms with Crippen LogP contribution in [0, 0.1) is 12.8 Å². The molecule has 2 amide bonds. The van der Waals surface area contributed by atoms with Crippen molar-refractivity contribution in [2.24, 2.45) is 5.92 Å². The Morgan fingerprint density at radius 3 is 2.50 bits per heavy atom. The largest absolute Gasteiger partial charge is 0.335 e. The third-order valence-corrected chi connectivity index (χ3v) is 3.34. The number of hydrogen-bond donors (Lipinski definition) is 2. The summed E-state index contributed by atoms with van der Waals surface area (Å²) in [4.78, 5) is 11.9. The van der Waals surface area contributed by atoms with Crippen LogP contribution in [0.4, 0.5) is 10.5 Å². The average molecular weight is 248 g/mol. The number of anilines is 1. The van der Waals surface area contributed by atoms with E-state index in [1.54, 1.807) is 0 Å². The molecule has 0 aromatic heterocycles. The van der Waals surface area contributed by atoms with Crippen LogP contribution in [0.3, 0.4) is 0 Å². The van der Waals surface area contributed by atoms with Gasteiger partial charge >= 0.3 is 6.03 Å². The molecule has 0 heterocycles. The van der Waals surface area contributed by atoms with Gasteiger partial charge in [-0.1, -0.05) is 39.0 Å². The number of hydrogen-bond acceptors (Lipinski definition) is 1. The maximum Gasteiger partial charge on any atom is 0.319 e. The first-order chi connectivity index (χ1) is 8.45. The summed E-state index contributed by atoms with van der Waals surface area (Å²) in [7, 11) is 0. The molecule has 0 saturated carbocycles. The Bertz CT molecular complexity index is 413. The van der Waals surface area contributed by atoms with Gasteiger partial charge in [0.2, 0.25) is 0 Å². The molecule has 0 spiro atoms. The van der Waals surface area contributed by atoms with Crippen molar-refractivity contribution in [2.75, 3.05) is 5.32 Å². The van der Waals surface area contributed by atoms with E-state index in [0.717, 1.165) is 17.7 Å². The number of rotatable bonds is 4. The van der Waals surface area contributed by atoms with Gasteiger partial charge in [0.15, 0.2) is 0 Å². The van der Waals surface area contributed by atoms with E-state index in [-0.39, 0.29) is 12.1 Å². The summed E-state index contributed by atoms with van der Waals surface area (Å²) in [5, 5.41) is 5.92. The zero-order chi connectivity index (χ0) is 13.7. The lowest BCUT2D eigenvalue weighted by molar-refractivity contribution is 0.246. The number of benzene rings is 1. The van der Waals surface area contributed by atoms with Gasteiger partial charge in [-0.15, -0.1) is 0 Å². The SMILES string of the molecule is CCc1cccc(C)c1NC(=O)N[C@H](C)C(C)C. The van der Waals surface area contributed by atoms with E-state index in [1.165, 1.54) is 5.56 Å². The van der Waals surface area contributed by atoms with E-state index >= 15 is 0 Å². The summed E-state index contributed by atoms with van der Waals surface area (Å²) >= 11 is 0. The number of carbonyl (C=O) groups excluding carboxylic acids is 1. The van der Waals surface area contributed by atoms with Crippen LogP contribution in [-0.2, 0) is 6.42 Å². The van der Waals surface area contributed by atoms with E-state index < -0.39 is 0 Å². The number of nitrogens with one attached hydrogen (secondary N) is 2. The molecule has 18 heavy (non-hydrogen) atoms. The van der Waals surface area contributed by atoms with Crippen molar-refractivity contribution in [3.63, 3.8) is 0 Å². The van der Waals surface area contributed by atoms with E-state index in [2.05, 4.69) is 37.5 Å². The summed E-state index contributed by atoms with van der Waals surface area (Å²) in [5.41, 5.74) is 3.21. The minimum Gasteiger partial charge on any atom is -0.335 e. The lowest BCUT2D eigenvalue weighted by Gasteiger charge is -2.19. The normalized spacial score (nSPS) is 12.3. The standard InChI is InChI=1S/C15H24N2O/c1-6-13-9-7-8-11(4)14(13)17-15(18)16-12(5)10(2)3/h7-10,12H,6H2,1-5H3,(H2,16,17,18)/t12-/m1/s1. The fraction of sp³-hybridized carbons (Fsp3) is 0.533. The molecule has 0 radical (unpaired) electrons. The quantitative estimate of drug-likeness (QED) is 0.837. The van der Waals surface area contributed by atoms with Crippen molar-refractivity contribution in [1.29, 1.82) is 0 Å². The van der Waals surface area contributed by atoms with E-state index in [4.69, 9.17) is 0 Å². The van der Waals surface area contributed by atoms with Gasteiger partial charge in [0.25, 0.3) is 0 Å². The number of carbonyl (C=O) groups is 1. The topological polar surface area (TPSA) is 41.1 Å². The second kappa shape index (κ2) is 6.43. The highest BCUT2D eigenvalue weighted by Crippen LogP contribution is 2.20. The molecule has 3 heteroatoms. The molecular weight excluding hydrogens is 224 g/mol. The zero-order valence-corrected chi connectivity index (χ0v) is 12.0. The third kappa shape index (κ3) is 3.76.